The van der Waals surface area contributed by atoms with Crippen LogP contribution in [0, 0.1) is 20.8 Å². The highest BCUT2D eigenvalue weighted by Crippen LogP contribution is 2.21. The van der Waals surface area contributed by atoms with E-state index in [9.17, 15) is 9.59 Å². The van der Waals surface area contributed by atoms with Gasteiger partial charge in [0.25, 0.3) is 0 Å². The van der Waals surface area contributed by atoms with E-state index in [0.29, 0.717) is 0 Å². The minimum atomic E-state index is -0.203. The zero-order valence-electron chi connectivity index (χ0n) is 15.6. The number of carbonyl (C=O) groups excluding carboxylic acids is 2. The molecule has 0 aromatic heterocycles. The molecule has 2 aromatic carbocycles. The van der Waals surface area contributed by atoms with E-state index in [1.54, 1.807) is 7.05 Å². The first-order chi connectivity index (χ1) is 11.9. The lowest BCUT2D eigenvalue weighted by Crippen LogP contribution is -2.38. The second-order valence-corrected chi connectivity index (χ2v) is 6.29. The quantitative estimate of drug-likeness (QED) is 0.811. The van der Waals surface area contributed by atoms with Crippen LogP contribution in [-0.4, -0.2) is 36.9 Å². The Morgan fingerprint density at radius 2 is 1.58 bits per heavy atom. The summed E-state index contributed by atoms with van der Waals surface area (Å²) in [5.74, 6) is -0.345. The summed E-state index contributed by atoms with van der Waals surface area (Å²) in [6, 6.07) is 13.6. The van der Waals surface area contributed by atoms with Gasteiger partial charge in [-0.15, -0.1) is 12.4 Å². The van der Waals surface area contributed by atoms with Crippen LogP contribution in [0.25, 0.3) is 0 Å². The Morgan fingerprint density at radius 1 is 1.00 bits per heavy atom. The van der Waals surface area contributed by atoms with Crippen molar-refractivity contribution in [2.45, 2.75) is 20.8 Å². The highest BCUT2D eigenvalue weighted by Gasteiger charge is 2.14. The number of hydrogen-bond donors (Lipinski definition) is 2. The first-order valence-corrected chi connectivity index (χ1v) is 8.27. The molecule has 0 heterocycles. The molecule has 0 saturated carbocycles. The summed E-state index contributed by atoms with van der Waals surface area (Å²) in [6.07, 6.45) is 0. The number of benzene rings is 2. The van der Waals surface area contributed by atoms with Crippen molar-refractivity contribution < 1.29 is 9.59 Å². The van der Waals surface area contributed by atoms with Gasteiger partial charge in [-0.3, -0.25) is 9.59 Å². The van der Waals surface area contributed by atoms with Gasteiger partial charge in [0.05, 0.1) is 13.1 Å². The Balaban J connectivity index is 0.00000338. The molecule has 26 heavy (non-hydrogen) atoms. The molecule has 2 N–H and O–H groups in total. The van der Waals surface area contributed by atoms with Crippen molar-refractivity contribution in [3.8, 4) is 0 Å². The molecular weight excluding hydrogens is 350 g/mol. The second kappa shape index (κ2) is 9.82. The van der Waals surface area contributed by atoms with E-state index < -0.39 is 0 Å². The predicted octanol–water partition coefficient (Wildman–Crippen LogP) is 3.54. The Hall–Kier alpha value is -2.53. The van der Waals surface area contributed by atoms with E-state index >= 15 is 0 Å². The average molecular weight is 376 g/mol. The number of para-hydroxylation sites is 1. The summed E-state index contributed by atoms with van der Waals surface area (Å²) in [5, 5.41) is 5.96. The van der Waals surface area contributed by atoms with Crippen molar-refractivity contribution in [1.29, 1.82) is 0 Å². The van der Waals surface area contributed by atoms with E-state index in [2.05, 4.69) is 10.6 Å². The maximum atomic E-state index is 12.3. The molecule has 0 aliphatic rings. The summed E-state index contributed by atoms with van der Waals surface area (Å²) >= 11 is 0. The van der Waals surface area contributed by atoms with Gasteiger partial charge in [-0.2, -0.15) is 0 Å². The van der Waals surface area contributed by atoms with Gasteiger partial charge in [0.15, 0.2) is 0 Å². The summed E-state index contributed by atoms with van der Waals surface area (Å²) in [4.78, 5) is 25.9. The lowest BCUT2D eigenvalue weighted by atomic mass is 10.1. The van der Waals surface area contributed by atoms with E-state index in [0.717, 1.165) is 28.1 Å². The van der Waals surface area contributed by atoms with Crippen molar-refractivity contribution in [2.24, 2.45) is 0 Å². The van der Waals surface area contributed by atoms with E-state index in [1.807, 2.05) is 63.2 Å². The number of halogens is 1. The summed E-state index contributed by atoms with van der Waals surface area (Å²) in [6.45, 7) is 6.12. The standard InChI is InChI=1S/C20H25N3O2.ClH/c1-14-10-15(2)20(16(3)11-14)22-18(24)13-23(4)19(25)12-21-17-8-6-5-7-9-17;/h5-11,21H,12-13H2,1-4H3,(H,22,24);1H. The molecule has 2 aromatic rings. The zero-order valence-corrected chi connectivity index (χ0v) is 16.4. The van der Waals surface area contributed by atoms with Gasteiger partial charge in [0.2, 0.25) is 11.8 Å². The molecule has 0 unspecified atom stereocenters. The molecule has 0 fully saturated rings. The number of amides is 2. The fraction of sp³-hybridized carbons (Fsp3) is 0.300. The molecule has 0 bridgehead atoms. The first-order valence-electron chi connectivity index (χ1n) is 8.27. The monoisotopic (exact) mass is 375 g/mol. The van der Waals surface area contributed by atoms with Crippen LogP contribution >= 0.6 is 12.4 Å². The zero-order chi connectivity index (χ0) is 18.4. The number of nitrogens with zero attached hydrogens (tertiary/aromatic N) is 1. The topological polar surface area (TPSA) is 61.4 Å². The van der Waals surface area contributed by atoms with Crippen LogP contribution in [0.1, 0.15) is 16.7 Å². The highest BCUT2D eigenvalue weighted by molar-refractivity contribution is 5.96. The van der Waals surface area contributed by atoms with Crippen LogP contribution in [0.5, 0.6) is 0 Å². The molecular formula is C20H26ClN3O2. The van der Waals surface area contributed by atoms with Crippen molar-refractivity contribution in [3.05, 3.63) is 59.2 Å². The molecule has 5 nitrogen and oxygen atoms in total. The number of nitrogens with one attached hydrogen (secondary N) is 2. The van der Waals surface area contributed by atoms with E-state index in [4.69, 9.17) is 0 Å². The van der Waals surface area contributed by atoms with Crippen molar-refractivity contribution in [2.75, 3.05) is 30.8 Å². The predicted molar refractivity (Wildman–Crippen MR) is 109 cm³/mol. The van der Waals surface area contributed by atoms with Crippen LogP contribution < -0.4 is 10.6 Å². The van der Waals surface area contributed by atoms with Gasteiger partial charge >= 0.3 is 0 Å². The highest BCUT2D eigenvalue weighted by atomic mass is 35.5. The lowest BCUT2D eigenvalue weighted by Gasteiger charge is -2.19. The molecule has 0 spiro atoms. The average Bonchev–Trinajstić information content (AvgIpc) is 2.56. The van der Waals surface area contributed by atoms with Crippen LogP contribution in [-0.2, 0) is 9.59 Å². The van der Waals surface area contributed by atoms with E-state index in [1.165, 1.54) is 4.90 Å². The van der Waals surface area contributed by atoms with Gasteiger partial charge in [0.1, 0.15) is 0 Å². The van der Waals surface area contributed by atoms with Crippen LogP contribution in [0.2, 0.25) is 0 Å². The Kier molecular flexibility index (Phi) is 8.13. The molecule has 2 amide bonds. The number of likely N-dealkylation sites (N-methyl/N-ethyl adjacent to an activating group) is 1. The van der Waals surface area contributed by atoms with Crippen molar-refractivity contribution in [3.63, 3.8) is 0 Å². The molecule has 0 aliphatic carbocycles. The van der Waals surface area contributed by atoms with E-state index in [-0.39, 0.29) is 37.3 Å². The molecule has 6 heteroatoms. The van der Waals surface area contributed by atoms with Crippen LogP contribution in [0.15, 0.2) is 42.5 Å². The third-order valence-corrected chi connectivity index (χ3v) is 3.97. The third-order valence-electron chi connectivity index (χ3n) is 3.97. The number of hydrogen-bond acceptors (Lipinski definition) is 3. The maximum absolute atomic E-state index is 12.3. The van der Waals surface area contributed by atoms with Crippen LogP contribution in [0.3, 0.4) is 0 Å². The molecule has 0 atom stereocenters. The van der Waals surface area contributed by atoms with Crippen LogP contribution in [0.4, 0.5) is 11.4 Å². The Morgan fingerprint density at radius 3 is 2.15 bits per heavy atom. The van der Waals surface area contributed by atoms with Gasteiger partial charge in [-0.1, -0.05) is 35.9 Å². The lowest BCUT2D eigenvalue weighted by molar-refractivity contribution is -0.131. The summed E-state index contributed by atoms with van der Waals surface area (Å²) < 4.78 is 0. The summed E-state index contributed by atoms with van der Waals surface area (Å²) in [5.41, 5.74) is 4.89. The molecule has 0 radical (unpaired) electrons. The normalized spacial score (nSPS) is 9.85. The largest absolute Gasteiger partial charge is 0.376 e. The number of rotatable bonds is 6. The SMILES string of the molecule is Cc1cc(C)c(NC(=O)CN(C)C(=O)CNc2ccccc2)c(C)c1.Cl. The number of anilines is 2. The molecule has 0 saturated heterocycles. The second-order valence-electron chi connectivity index (χ2n) is 6.29. The molecule has 0 aliphatic heterocycles. The smallest absolute Gasteiger partial charge is 0.243 e. The van der Waals surface area contributed by atoms with Gasteiger partial charge in [0, 0.05) is 18.4 Å². The first kappa shape index (κ1) is 21.5. The van der Waals surface area contributed by atoms with Gasteiger partial charge in [-0.05, 0) is 44.0 Å². The fourth-order valence-electron chi connectivity index (χ4n) is 2.73. The Labute approximate surface area is 161 Å². The summed E-state index contributed by atoms with van der Waals surface area (Å²) in [7, 11) is 1.63. The number of aryl methyl sites for hydroxylation is 3. The fourth-order valence-corrected chi connectivity index (χ4v) is 2.73. The Bertz CT molecular complexity index is 740. The minimum Gasteiger partial charge on any atom is -0.376 e. The maximum Gasteiger partial charge on any atom is 0.243 e. The minimum absolute atomic E-state index is 0. The molecule has 2 rings (SSSR count). The number of carbonyl (C=O) groups is 2. The third kappa shape index (κ3) is 6.08. The van der Waals surface area contributed by atoms with Gasteiger partial charge < -0.3 is 15.5 Å². The van der Waals surface area contributed by atoms with Crippen molar-refractivity contribution >= 4 is 35.6 Å². The van der Waals surface area contributed by atoms with Crippen molar-refractivity contribution in [1.82, 2.24) is 4.90 Å². The van der Waals surface area contributed by atoms with Gasteiger partial charge in [-0.25, -0.2) is 0 Å². The molecule has 140 valence electrons.